The van der Waals surface area contributed by atoms with E-state index in [0.29, 0.717) is 17.9 Å². The lowest BCUT2D eigenvalue weighted by atomic mass is 10.0. The summed E-state index contributed by atoms with van der Waals surface area (Å²) in [5.41, 5.74) is 3.37. The van der Waals surface area contributed by atoms with E-state index in [-0.39, 0.29) is 18.4 Å². The number of carbonyl (C=O) groups is 2. The van der Waals surface area contributed by atoms with Crippen molar-refractivity contribution in [3.05, 3.63) is 54.0 Å². The molecule has 1 aromatic carbocycles. The third-order valence-corrected chi connectivity index (χ3v) is 3.72. The van der Waals surface area contributed by atoms with Crippen LogP contribution in [0.3, 0.4) is 0 Å². The van der Waals surface area contributed by atoms with Crippen LogP contribution in [0.1, 0.15) is 31.6 Å². The molecule has 0 fully saturated rings. The van der Waals surface area contributed by atoms with Crippen LogP contribution in [0, 0.1) is 12.8 Å². The molecule has 0 saturated carbocycles. The highest BCUT2D eigenvalue weighted by Gasteiger charge is 2.22. The Balaban J connectivity index is 1.89. The van der Waals surface area contributed by atoms with Crippen LogP contribution in [0.4, 0.5) is 0 Å². The number of para-hydroxylation sites is 1. The van der Waals surface area contributed by atoms with Gasteiger partial charge in [-0.25, -0.2) is 5.43 Å². The number of hydrogen-bond acceptors (Lipinski definition) is 5. The van der Waals surface area contributed by atoms with Gasteiger partial charge in [0.2, 0.25) is 0 Å². The number of hydrogen-bond donors (Lipinski definition) is 2. The molecule has 0 aliphatic carbocycles. The van der Waals surface area contributed by atoms with Crippen molar-refractivity contribution in [1.29, 1.82) is 0 Å². The van der Waals surface area contributed by atoms with Gasteiger partial charge in [0.05, 0.1) is 12.5 Å². The summed E-state index contributed by atoms with van der Waals surface area (Å²) in [5, 5.41) is 6.56. The lowest BCUT2D eigenvalue weighted by Crippen LogP contribution is -2.47. The van der Waals surface area contributed by atoms with Gasteiger partial charge >= 0.3 is 0 Å². The normalized spacial score (nSPS) is 12.1. The van der Waals surface area contributed by atoms with Crippen molar-refractivity contribution >= 4 is 18.0 Å². The molecule has 2 amide bonds. The zero-order valence-electron chi connectivity index (χ0n) is 15.8. The molecule has 0 bridgehead atoms. The van der Waals surface area contributed by atoms with E-state index in [1.807, 2.05) is 39.0 Å². The summed E-state index contributed by atoms with van der Waals surface area (Å²) in [4.78, 5) is 24.6. The molecule has 7 heteroatoms. The third-order valence-electron chi connectivity index (χ3n) is 3.72. The molecule has 0 radical (unpaired) electrons. The van der Waals surface area contributed by atoms with Crippen molar-refractivity contribution in [2.45, 2.75) is 33.2 Å². The molecule has 2 aromatic rings. The fraction of sp³-hybridized carbons (Fsp3) is 0.350. The van der Waals surface area contributed by atoms with E-state index in [2.05, 4.69) is 15.8 Å². The molecule has 2 rings (SSSR count). The van der Waals surface area contributed by atoms with Crippen LogP contribution in [-0.4, -0.2) is 30.7 Å². The van der Waals surface area contributed by atoms with E-state index in [9.17, 15) is 9.59 Å². The van der Waals surface area contributed by atoms with Gasteiger partial charge in [-0.05, 0) is 43.0 Å². The summed E-state index contributed by atoms with van der Waals surface area (Å²) >= 11 is 0. The van der Waals surface area contributed by atoms with Crippen molar-refractivity contribution in [2.75, 3.05) is 6.61 Å². The van der Waals surface area contributed by atoms with Crippen LogP contribution in [-0.2, 0) is 9.59 Å². The van der Waals surface area contributed by atoms with Gasteiger partial charge < -0.3 is 14.5 Å². The largest absolute Gasteiger partial charge is 0.484 e. The fourth-order valence-electron chi connectivity index (χ4n) is 2.40. The molecular formula is C20H25N3O4. The highest BCUT2D eigenvalue weighted by Crippen LogP contribution is 2.15. The minimum Gasteiger partial charge on any atom is -0.484 e. The Hall–Kier alpha value is -3.09. The minimum atomic E-state index is -0.702. The maximum absolute atomic E-state index is 12.4. The van der Waals surface area contributed by atoms with E-state index >= 15 is 0 Å². The first-order chi connectivity index (χ1) is 13.0. The standard InChI is InChI=1S/C20H25N3O4/c1-14(2)11-17(20(25)23-21-12-16-8-6-10-26-16)22-19(24)13-27-18-9-5-4-7-15(18)3/h4-10,12,14,17H,11,13H2,1-3H3,(H,22,24)(H,23,25)/b21-12-/t17-/m1/s1. The number of nitrogens with one attached hydrogen (secondary N) is 2. The summed E-state index contributed by atoms with van der Waals surface area (Å²) in [7, 11) is 0. The summed E-state index contributed by atoms with van der Waals surface area (Å²) in [6.07, 6.45) is 3.39. The predicted molar refractivity (Wildman–Crippen MR) is 103 cm³/mol. The summed E-state index contributed by atoms with van der Waals surface area (Å²) < 4.78 is 10.6. The topological polar surface area (TPSA) is 92.9 Å². The molecule has 2 N–H and O–H groups in total. The Morgan fingerprint density at radius 1 is 1.22 bits per heavy atom. The van der Waals surface area contributed by atoms with E-state index in [0.717, 1.165) is 5.56 Å². The number of rotatable bonds is 9. The molecule has 1 aromatic heterocycles. The number of benzene rings is 1. The zero-order valence-corrected chi connectivity index (χ0v) is 15.8. The van der Waals surface area contributed by atoms with Crippen LogP contribution >= 0.6 is 0 Å². The average molecular weight is 371 g/mol. The van der Waals surface area contributed by atoms with Crippen LogP contribution in [0.25, 0.3) is 0 Å². The van der Waals surface area contributed by atoms with Gasteiger partial charge in [-0.3, -0.25) is 9.59 Å². The van der Waals surface area contributed by atoms with Crippen molar-refractivity contribution in [3.8, 4) is 5.75 Å². The first kappa shape index (κ1) is 20.2. The Bertz CT molecular complexity index is 769. The van der Waals surface area contributed by atoms with E-state index in [1.54, 1.807) is 18.2 Å². The van der Waals surface area contributed by atoms with Crippen LogP contribution in [0.15, 0.2) is 52.2 Å². The van der Waals surface area contributed by atoms with Crippen molar-refractivity contribution in [1.82, 2.24) is 10.7 Å². The molecule has 7 nitrogen and oxygen atoms in total. The highest BCUT2D eigenvalue weighted by molar-refractivity contribution is 5.88. The van der Waals surface area contributed by atoms with Crippen LogP contribution in [0.2, 0.25) is 0 Å². The van der Waals surface area contributed by atoms with Gasteiger partial charge in [0, 0.05) is 0 Å². The van der Waals surface area contributed by atoms with Gasteiger partial charge in [-0.15, -0.1) is 0 Å². The lowest BCUT2D eigenvalue weighted by Gasteiger charge is -2.19. The van der Waals surface area contributed by atoms with Crippen LogP contribution in [0.5, 0.6) is 5.75 Å². The van der Waals surface area contributed by atoms with Crippen molar-refractivity contribution < 1.29 is 18.7 Å². The van der Waals surface area contributed by atoms with Crippen molar-refractivity contribution in [2.24, 2.45) is 11.0 Å². The van der Waals surface area contributed by atoms with Gasteiger partial charge in [-0.1, -0.05) is 32.0 Å². The maximum atomic E-state index is 12.4. The molecule has 1 atom stereocenters. The lowest BCUT2D eigenvalue weighted by molar-refractivity contribution is -0.130. The van der Waals surface area contributed by atoms with Gasteiger partial charge in [0.25, 0.3) is 11.8 Å². The predicted octanol–water partition coefficient (Wildman–Crippen LogP) is 2.65. The quantitative estimate of drug-likeness (QED) is 0.523. The number of aryl methyl sites for hydroxylation is 1. The summed E-state index contributed by atoms with van der Waals surface area (Å²) in [6, 6.07) is 10.2. The second-order valence-corrected chi connectivity index (χ2v) is 6.55. The Morgan fingerprint density at radius 2 is 2.00 bits per heavy atom. The molecule has 0 unspecified atom stereocenters. The molecule has 144 valence electrons. The second-order valence-electron chi connectivity index (χ2n) is 6.55. The van der Waals surface area contributed by atoms with Gasteiger partial charge in [-0.2, -0.15) is 5.10 Å². The van der Waals surface area contributed by atoms with Crippen molar-refractivity contribution in [3.63, 3.8) is 0 Å². The summed E-state index contributed by atoms with van der Waals surface area (Å²) in [6.45, 7) is 5.69. The molecule has 0 saturated heterocycles. The number of hydrazone groups is 1. The molecule has 1 heterocycles. The van der Waals surface area contributed by atoms with E-state index in [4.69, 9.17) is 9.15 Å². The maximum Gasteiger partial charge on any atom is 0.262 e. The van der Waals surface area contributed by atoms with Crippen LogP contribution < -0.4 is 15.5 Å². The summed E-state index contributed by atoms with van der Waals surface area (Å²) in [5.74, 6) is 0.615. The number of carbonyl (C=O) groups excluding carboxylic acids is 2. The molecule has 0 aliphatic rings. The second kappa shape index (κ2) is 10.2. The minimum absolute atomic E-state index is 0.164. The average Bonchev–Trinajstić information content (AvgIpc) is 3.13. The smallest absolute Gasteiger partial charge is 0.262 e. The number of nitrogens with zero attached hydrogens (tertiary/aromatic N) is 1. The molecule has 27 heavy (non-hydrogen) atoms. The van der Waals surface area contributed by atoms with E-state index in [1.165, 1.54) is 12.5 Å². The SMILES string of the molecule is Cc1ccccc1OCC(=O)N[C@H](CC(C)C)C(=O)N/N=C\c1ccco1. The van der Waals surface area contributed by atoms with E-state index < -0.39 is 11.9 Å². The third kappa shape index (κ3) is 6.97. The highest BCUT2D eigenvalue weighted by atomic mass is 16.5. The molecule has 0 aliphatic heterocycles. The molecular weight excluding hydrogens is 346 g/mol. The molecule has 0 spiro atoms. The first-order valence-electron chi connectivity index (χ1n) is 8.80. The Labute approximate surface area is 158 Å². The van der Waals surface area contributed by atoms with Gasteiger partial charge in [0.1, 0.15) is 17.6 Å². The Kier molecular flexibility index (Phi) is 7.61. The Morgan fingerprint density at radius 3 is 2.67 bits per heavy atom. The fourth-order valence-corrected chi connectivity index (χ4v) is 2.40. The monoisotopic (exact) mass is 371 g/mol. The number of furan rings is 1. The zero-order chi connectivity index (χ0) is 19.6. The van der Waals surface area contributed by atoms with Gasteiger partial charge in [0.15, 0.2) is 6.61 Å². The number of ether oxygens (including phenoxy) is 1. The number of amides is 2. The first-order valence-corrected chi connectivity index (χ1v) is 8.80.